The van der Waals surface area contributed by atoms with Crippen molar-refractivity contribution in [3.05, 3.63) is 11.9 Å². The van der Waals surface area contributed by atoms with Crippen LogP contribution in [0, 0.1) is 0 Å². The average molecular weight is 297 g/mol. The van der Waals surface area contributed by atoms with E-state index in [9.17, 15) is 9.59 Å². The summed E-state index contributed by atoms with van der Waals surface area (Å²) in [5.74, 6) is -0.489. The normalized spacial score (nSPS) is 18.5. The fourth-order valence-electron chi connectivity index (χ4n) is 2.17. The number of amides is 1. The average Bonchev–Trinajstić information content (AvgIpc) is 2.95. The van der Waals surface area contributed by atoms with Crippen molar-refractivity contribution in [2.24, 2.45) is 0 Å². The second-order valence-corrected chi connectivity index (χ2v) is 4.71. The first-order valence-corrected chi connectivity index (χ1v) is 6.88. The number of aromatic nitrogens is 3. The van der Waals surface area contributed by atoms with Crippen LogP contribution in [-0.2, 0) is 11.3 Å². The number of ether oxygens (including phenoxy) is 1. The van der Waals surface area contributed by atoms with Gasteiger partial charge in [0.15, 0.2) is 5.69 Å². The molecule has 0 aromatic carbocycles. The molecule has 2 heterocycles. The molecular weight excluding hydrogens is 278 g/mol. The number of carboxylic acid groups (broad SMARTS) is 1. The highest BCUT2D eigenvalue weighted by Crippen LogP contribution is 2.05. The van der Waals surface area contributed by atoms with Crippen molar-refractivity contribution < 1.29 is 19.4 Å². The minimum atomic E-state index is -0.900. The van der Waals surface area contributed by atoms with Gasteiger partial charge in [0.1, 0.15) is 0 Å². The smallest absolute Gasteiger partial charge is 0.407 e. The van der Waals surface area contributed by atoms with Crippen LogP contribution in [0.2, 0.25) is 0 Å². The van der Waals surface area contributed by atoms with Crippen LogP contribution in [-0.4, -0.2) is 69.3 Å². The van der Waals surface area contributed by atoms with E-state index in [2.05, 4.69) is 15.5 Å². The van der Waals surface area contributed by atoms with E-state index in [1.165, 1.54) is 15.9 Å². The Balaban J connectivity index is 1.83. The van der Waals surface area contributed by atoms with E-state index in [0.29, 0.717) is 39.2 Å². The van der Waals surface area contributed by atoms with Crippen molar-refractivity contribution in [1.29, 1.82) is 0 Å². The summed E-state index contributed by atoms with van der Waals surface area (Å²) in [6.45, 7) is 4.11. The lowest BCUT2D eigenvalue weighted by atomic mass is 10.1. The van der Waals surface area contributed by atoms with Gasteiger partial charge in [-0.1, -0.05) is 0 Å². The summed E-state index contributed by atoms with van der Waals surface area (Å²) in [7, 11) is 0. The zero-order valence-corrected chi connectivity index (χ0v) is 11.9. The molecule has 0 unspecified atom stereocenters. The number of piperazine rings is 1. The van der Waals surface area contributed by atoms with Crippen LogP contribution >= 0.6 is 0 Å². The summed E-state index contributed by atoms with van der Waals surface area (Å²) in [6.07, 6.45) is 1.15. The summed E-state index contributed by atoms with van der Waals surface area (Å²) in [5, 5.41) is 20.3. The first kappa shape index (κ1) is 15.2. The van der Waals surface area contributed by atoms with Gasteiger partial charge in [-0.2, -0.15) is 9.90 Å². The molecule has 1 atom stereocenters. The molecule has 1 aromatic rings. The lowest BCUT2D eigenvalue weighted by molar-refractivity contribution is 0.0518. The number of nitrogens with one attached hydrogen (secondary N) is 1. The molecule has 2 rings (SSSR count). The maximum Gasteiger partial charge on any atom is 0.407 e. The van der Waals surface area contributed by atoms with Gasteiger partial charge in [-0.05, 0) is 13.3 Å². The van der Waals surface area contributed by atoms with Gasteiger partial charge in [-0.25, -0.2) is 9.59 Å². The van der Waals surface area contributed by atoms with E-state index in [0.717, 1.165) is 0 Å². The van der Waals surface area contributed by atoms with E-state index in [1.807, 2.05) is 0 Å². The summed E-state index contributed by atoms with van der Waals surface area (Å²) < 4.78 is 4.84. The van der Waals surface area contributed by atoms with Crippen molar-refractivity contribution in [1.82, 2.24) is 25.2 Å². The summed E-state index contributed by atoms with van der Waals surface area (Å²) in [4.78, 5) is 25.2. The van der Waals surface area contributed by atoms with Gasteiger partial charge in [0, 0.05) is 25.7 Å². The Morgan fingerprint density at radius 3 is 3.10 bits per heavy atom. The molecule has 0 radical (unpaired) electrons. The molecule has 2 N–H and O–H groups in total. The van der Waals surface area contributed by atoms with E-state index in [-0.39, 0.29) is 11.7 Å². The molecule has 9 heteroatoms. The zero-order chi connectivity index (χ0) is 15.2. The largest absolute Gasteiger partial charge is 0.465 e. The minimum Gasteiger partial charge on any atom is -0.465 e. The van der Waals surface area contributed by atoms with Gasteiger partial charge in [0.2, 0.25) is 0 Å². The Morgan fingerprint density at radius 2 is 2.38 bits per heavy atom. The number of aryl methyl sites for hydroxylation is 1. The first-order chi connectivity index (χ1) is 10.1. The molecule has 1 aliphatic rings. The third-order valence-corrected chi connectivity index (χ3v) is 3.22. The van der Waals surface area contributed by atoms with Crippen LogP contribution in [0.15, 0.2) is 6.20 Å². The van der Waals surface area contributed by atoms with Gasteiger partial charge >= 0.3 is 12.1 Å². The highest BCUT2D eigenvalue weighted by atomic mass is 16.5. The van der Waals surface area contributed by atoms with Crippen LogP contribution in [0.25, 0.3) is 0 Å². The highest BCUT2D eigenvalue weighted by Gasteiger charge is 2.22. The molecule has 0 aliphatic carbocycles. The second kappa shape index (κ2) is 7.02. The molecule has 0 bridgehead atoms. The number of rotatable bonds is 5. The lowest BCUT2D eigenvalue weighted by Crippen LogP contribution is -2.52. The van der Waals surface area contributed by atoms with Crippen molar-refractivity contribution in [3.8, 4) is 0 Å². The Morgan fingerprint density at radius 1 is 1.57 bits per heavy atom. The van der Waals surface area contributed by atoms with Crippen LogP contribution < -0.4 is 5.32 Å². The number of esters is 1. The second-order valence-electron chi connectivity index (χ2n) is 4.71. The molecule has 116 valence electrons. The predicted octanol–water partition coefficient (Wildman–Crippen LogP) is -0.203. The molecule has 1 aromatic heterocycles. The van der Waals surface area contributed by atoms with Gasteiger partial charge in [-0.15, -0.1) is 5.10 Å². The monoisotopic (exact) mass is 297 g/mol. The number of hydrogen-bond acceptors (Lipinski definition) is 6. The zero-order valence-electron chi connectivity index (χ0n) is 11.9. The van der Waals surface area contributed by atoms with Crippen LogP contribution in [0.5, 0.6) is 0 Å². The van der Waals surface area contributed by atoms with E-state index >= 15 is 0 Å². The Kier molecular flexibility index (Phi) is 5.09. The van der Waals surface area contributed by atoms with Crippen molar-refractivity contribution in [2.75, 3.05) is 26.2 Å². The highest BCUT2D eigenvalue weighted by molar-refractivity contribution is 5.86. The van der Waals surface area contributed by atoms with Crippen LogP contribution in [0.4, 0.5) is 4.79 Å². The van der Waals surface area contributed by atoms with Crippen molar-refractivity contribution in [2.45, 2.75) is 25.9 Å². The molecule has 0 saturated carbocycles. The first-order valence-electron chi connectivity index (χ1n) is 6.88. The van der Waals surface area contributed by atoms with E-state index < -0.39 is 12.1 Å². The van der Waals surface area contributed by atoms with Crippen molar-refractivity contribution >= 4 is 12.1 Å². The van der Waals surface area contributed by atoms with Crippen molar-refractivity contribution in [3.63, 3.8) is 0 Å². The fraction of sp³-hybridized carbons (Fsp3) is 0.667. The number of nitrogens with zero attached hydrogens (tertiary/aromatic N) is 4. The van der Waals surface area contributed by atoms with E-state index in [1.54, 1.807) is 6.92 Å². The fourth-order valence-corrected chi connectivity index (χ4v) is 2.17. The number of carbonyl (C=O) groups is 2. The van der Waals surface area contributed by atoms with Gasteiger partial charge in [-0.3, -0.25) is 0 Å². The van der Waals surface area contributed by atoms with Gasteiger partial charge in [0.05, 0.1) is 19.3 Å². The predicted molar refractivity (Wildman–Crippen MR) is 72.0 cm³/mol. The van der Waals surface area contributed by atoms with E-state index in [4.69, 9.17) is 9.84 Å². The van der Waals surface area contributed by atoms with Crippen LogP contribution in [0.3, 0.4) is 0 Å². The third kappa shape index (κ3) is 4.15. The number of carbonyl (C=O) groups excluding carboxylic acids is 1. The maximum absolute atomic E-state index is 11.5. The molecule has 21 heavy (non-hydrogen) atoms. The molecule has 1 aliphatic heterocycles. The Hall–Kier alpha value is -2.16. The molecule has 9 nitrogen and oxygen atoms in total. The lowest BCUT2D eigenvalue weighted by Gasteiger charge is -2.31. The molecule has 1 fully saturated rings. The summed E-state index contributed by atoms with van der Waals surface area (Å²) >= 11 is 0. The number of hydrogen-bond donors (Lipinski definition) is 2. The Labute approximate surface area is 121 Å². The van der Waals surface area contributed by atoms with Gasteiger partial charge < -0.3 is 20.1 Å². The Bertz CT molecular complexity index is 504. The van der Waals surface area contributed by atoms with Crippen LogP contribution in [0.1, 0.15) is 23.8 Å². The summed E-state index contributed by atoms with van der Waals surface area (Å²) in [5.41, 5.74) is 0.181. The minimum absolute atomic E-state index is 0.0619. The maximum atomic E-state index is 11.5. The molecule has 1 saturated heterocycles. The molecule has 1 amide bonds. The third-order valence-electron chi connectivity index (χ3n) is 3.22. The van der Waals surface area contributed by atoms with Gasteiger partial charge in [0.25, 0.3) is 0 Å². The summed E-state index contributed by atoms with van der Waals surface area (Å²) in [6, 6.07) is 0.0619. The standard InChI is InChI=1S/C12H19N5O4/c1-2-21-11(18)10-7-14-17(15-10)5-3-9-8-16(12(19)20)6-4-13-9/h7,9,13H,2-6,8H2,1H3,(H,19,20)/t9-/m1/s1. The quantitative estimate of drug-likeness (QED) is 0.724. The SMILES string of the molecule is CCOC(=O)c1cnn(CC[C@@H]2CN(C(=O)O)CCN2)n1. The molecular formula is C12H19N5O4. The topological polar surface area (TPSA) is 110 Å². The molecule has 0 spiro atoms.